The van der Waals surface area contributed by atoms with Crippen molar-refractivity contribution in [3.05, 3.63) is 0 Å². The first-order valence-corrected chi connectivity index (χ1v) is 4.28. The molecule has 1 atom stereocenters. The van der Waals surface area contributed by atoms with Crippen LogP contribution in [0.1, 0.15) is 6.92 Å². The van der Waals surface area contributed by atoms with Crippen LogP contribution < -0.4 is 10.6 Å². The summed E-state index contributed by atoms with van der Waals surface area (Å²) in [6, 6.07) is -1.60. The molecule has 0 fully saturated rings. The molecular weight excluding hydrogens is 212 g/mol. The van der Waals surface area contributed by atoms with Crippen molar-refractivity contribution in [2.45, 2.75) is 13.0 Å². The molecule has 7 heteroatoms. The van der Waals surface area contributed by atoms with E-state index in [1.54, 1.807) is 0 Å². The fraction of sp³-hybridized carbons (Fsp3) is 0.571. The average molecular weight is 223 g/mol. The Morgan fingerprint density at radius 2 is 2.00 bits per heavy atom. The van der Waals surface area contributed by atoms with Crippen molar-refractivity contribution in [1.82, 2.24) is 10.6 Å². The number of esters is 1. The minimum Gasteiger partial charge on any atom is -0.467 e. The number of amides is 3. The number of hydrogen-bond donors (Lipinski definition) is 2. The highest BCUT2D eigenvalue weighted by molar-refractivity contribution is 6.28. The van der Waals surface area contributed by atoms with Gasteiger partial charge in [-0.3, -0.25) is 10.1 Å². The SMILES string of the molecule is COC(=O)C(C)NC(=O)NC(=O)CCl. The van der Waals surface area contributed by atoms with Crippen LogP contribution in [-0.2, 0) is 14.3 Å². The molecule has 14 heavy (non-hydrogen) atoms. The van der Waals surface area contributed by atoms with Gasteiger partial charge >= 0.3 is 12.0 Å². The summed E-state index contributed by atoms with van der Waals surface area (Å²) < 4.78 is 4.35. The topological polar surface area (TPSA) is 84.5 Å². The van der Waals surface area contributed by atoms with Gasteiger partial charge in [0.05, 0.1) is 7.11 Å². The lowest BCUT2D eigenvalue weighted by molar-refractivity contribution is -0.142. The molecule has 1 unspecified atom stereocenters. The van der Waals surface area contributed by atoms with Gasteiger partial charge in [0.2, 0.25) is 5.91 Å². The maximum atomic E-state index is 10.9. The third-order valence-corrected chi connectivity index (χ3v) is 1.52. The molecule has 0 spiro atoms. The van der Waals surface area contributed by atoms with Crippen LogP contribution in [0.2, 0.25) is 0 Å². The Kier molecular flexibility index (Phi) is 5.62. The summed E-state index contributed by atoms with van der Waals surface area (Å²) in [5.41, 5.74) is 0. The summed E-state index contributed by atoms with van der Waals surface area (Å²) in [7, 11) is 1.20. The molecule has 0 radical (unpaired) electrons. The lowest BCUT2D eigenvalue weighted by Gasteiger charge is -2.11. The zero-order valence-electron chi connectivity index (χ0n) is 7.80. The second kappa shape index (κ2) is 6.20. The van der Waals surface area contributed by atoms with Gasteiger partial charge in [0.15, 0.2) is 0 Å². The van der Waals surface area contributed by atoms with E-state index in [9.17, 15) is 14.4 Å². The second-order valence-corrected chi connectivity index (χ2v) is 2.67. The molecule has 0 saturated heterocycles. The van der Waals surface area contributed by atoms with Crippen molar-refractivity contribution in [3.63, 3.8) is 0 Å². The van der Waals surface area contributed by atoms with Crippen LogP contribution in [0.4, 0.5) is 4.79 Å². The van der Waals surface area contributed by atoms with Gasteiger partial charge < -0.3 is 10.1 Å². The molecule has 0 bridgehead atoms. The molecule has 0 aromatic heterocycles. The molecule has 3 amide bonds. The van der Waals surface area contributed by atoms with Crippen LogP contribution in [0.5, 0.6) is 0 Å². The molecule has 6 nitrogen and oxygen atoms in total. The van der Waals surface area contributed by atoms with Gasteiger partial charge in [0.1, 0.15) is 11.9 Å². The Morgan fingerprint density at radius 1 is 1.43 bits per heavy atom. The van der Waals surface area contributed by atoms with Crippen molar-refractivity contribution in [2.75, 3.05) is 13.0 Å². The summed E-state index contributed by atoms with van der Waals surface area (Å²) in [6.07, 6.45) is 0. The molecule has 0 aliphatic heterocycles. The van der Waals surface area contributed by atoms with E-state index in [4.69, 9.17) is 11.6 Å². The van der Waals surface area contributed by atoms with Crippen LogP contribution in [0.3, 0.4) is 0 Å². The van der Waals surface area contributed by atoms with E-state index in [2.05, 4.69) is 10.1 Å². The maximum Gasteiger partial charge on any atom is 0.328 e. The monoisotopic (exact) mass is 222 g/mol. The van der Waals surface area contributed by atoms with Gasteiger partial charge in [-0.15, -0.1) is 11.6 Å². The number of halogens is 1. The molecule has 0 aliphatic carbocycles. The average Bonchev–Trinajstić information content (AvgIpc) is 2.15. The molecule has 0 rings (SSSR count). The Morgan fingerprint density at radius 3 is 2.43 bits per heavy atom. The minimum absolute atomic E-state index is 0.319. The summed E-state index contributed by atoms with van der Waals surface area (Å²) in [6.45, 7) is 1.43. The van der Waals surface area contributed by atoms with E-state index in [0.717, 1.165) is 0 Å². The number of ether oxygens (including phenoxy) is 1. The molecule has 0 saturated carbocycles. The minimum atomic E-state index is -0.817. The van der Waals surface area contributed by atoms with E-state index >= 15 is 0 Å². The number of carbonyl (C=O) groups is 3. The fourth-order valence-electron chi connectivity index (χ4n) is 0.628. The Bertz CT molecular complexity index is 244. The second-order valence-electron chi connectivity index (χ2n) is 2.40. The number of rotatable bonds is 3. The molecule has 80 valence electrons. The van der Waals surface area contributed by atoms with E-state index < -0.39 is 23.9 Å². The van der Waals surface area contributed by atoms with E-state index in [1.165, 1.54) is 14.0 Å². The smallest absolute Gasteiger partial charge is 0.328 e. The highest BCUT2D eigenvalue weighted by Crippen LogP contribution is 1.85. The molecule has 0 aromatic carbocycles. The lowest BCUT2D eigenvalue weighted by atomic mass is 10.3. The molecule has 2 N–H and O–H groups in total. The molecule has 0 aliphatic rings. The summed E-state index contributed by atoms with van der Waals surface area (Å²) in [4.78, 5) is 32.4. The summed E-state index contributed by atoms with van der Waals surface area (Å²) >= 11 is 5.14. The zero-order valence-corrected chi connectivity index (χ0v) is 8.55. The Labute approximate surface area is 85.9 Å². The van der Waals surface area contributed by atoms with Crippen LogP contribution in [0.15, 0.2) is 0 Å². The molecule has 0 heterocycles. The number of carbonyl (C=O) groups excluding carboxylic acids is 3. The predicted octanol–water partition coefficient (Wildman–Crippen LogP) is -0.388. The number of methoxy groups -OCH3 is 1. The molecule has 0 aromatic rings. The fourth-order valence-corrected chi connectivity index (χ4v) is 0.695. The number of hydrogen-bond acceptors (Lipinski definition) is 4. The first-order chi connectivity index (χ1) is 6.51. The van der Waals surface area contributed by atoms with Gasteiger partial charge in [-0.1, -0.05) is 0 Å². The van der Waals surface area contributed by atoms with Crippen molar-refractivity contribution < 1.29 is 19.1 Å². The van der Waals surface area contributed by atoms with Crippen molar-refractivity contribution in [2.24, 2.45) is 0 Å². The standard InChI is InChI=1S/C7H11ClN2O4/c1-4(6(12)14-2)9-7(13)10-5(11)3-8/h4H,3H2,1-2H3,(H2,9,10,11,13). The first-order valence-electron chi connectivity index (χ1n) is 3.75. The number of nitrogens with one attached hydrogen (secondary N) is 2. The maximum absolute atomic E-state index is 10.9. The third kappa shape index (κ3) is 4.66. The van der Waals surface area contributed by atoms with Crippen molar-refractivity contribution >= 4 is 29.5 Å². The largest absolute Gasteiger partial charge is 0.467 e. The number of urea groups is 1. The predicted molar refractivity (Wildman–Crippen MR) is 48.9 cm³/mol. The quantitative estimate of drug-likeness (QED) is 0.503. The van der Waals surface area contributed by atoms with Gasteiger partial charge in [0.25, 0.3) is 0 Å². The first kappa shape index (κ1) is 12.7. The van der Waals surface area contributed by atoms with Gasteiger partial charge in [-0.2, -0.15) is 0 Å². The summed E-state index contributed by atoms with van der Waals surface area (Å²) in [5, 5.41) is 4.10. The lowest BCUT2D eigenvalue weighted by Crippen LogP contribution is -2.47. The Balaban J connectivity index is 3.94. The van der Waals surface area contributed by atoms with Crippen molar-refractivity contribution in [3.8, 4) is 0 Å². The highest BCUT2D eigenvalue weighted by atomic mass is 35.5. The van der Waals surface area contributed by atoms with E-state index in [-0.39, 0.29) is 5.88 Å². The van der Waals surface area contributed by atoms with Crippen LogP contribution in [-0.4, -0.2) is 36.9 Å². The van der Waals surface area contributed by atoms with Crippen LogP contribution in [0, 0.1) is 0 Å². The van der Waals surface area contributed by atoms with E-state index in [0.29, 0.717) is 0 Å². The summed E-state index contributed by atoms with van der Waals surface area (Å²) in [5.74, 6) is -1.56. The zero-order chi connectivity index (χ0) is 11.1. The number of imide groups is 1. The molecular formula is C7H11ClN2O4. The van der Waals surface area contributed by atoms with Crippen LogP contribution >= 0.6 is 11.6 Å². The van der Waals surface area contributed by atoms with Gasteiger partial charge in [-0.25, -0.2) is 9.59 Å². The van der Waals surface area contributed by atoms with Crippen molar-refractivity contribution in [1.29, 1.82) is 0 Å². The van der Waals surface area contributed by atoms with Gasteiger partial charge in [-0.05, 0) is 6.92 Å². The van der Waals surface area contributed by atoms with Gasteiger partial charge in [0, 0.05) is 0 Å². The number of alkyl halides is 1. The van der Waals surface area contributed by atoms with Crippen LogP contribution in [0.25, 0.3) is 0 Å². The third-order valence-electron chi connectivity index (χ3n) is 1.28. The Hall–Kier alpha value is -1.30. The van der Waals surface area contributed by atoms with E-state index in [1.807, 2.05) is 5.32 Å². The normalized spacial score (nSPS) is 11.4. The highest BCUT2D eigenvalue weighted by Gasteiger charge is 2.16.